The zero-order valence-corrected chi connectivity index (χ0v) is 26.2. The molecular weight excluding hydrogens is 601 g/mol. The summed E-state index contributed by atoms with van der Waals surface area (Å²) in [6, 6.07) is 19.3. The Labute approximate surface area is 264 Å². The topological polar surface area (TPSA) is 84.6 Å². The van der Waals surface area contributed by atoms with Crippen LogP contribution in [0.1, 0.15) is 36.5 Å². The molecule has 0 bridgehead atoms. The van der Waals surface area contributed by atoms with Crippen LogP contribution in [0.4, 0.5) is 23.7 Å². The molecule has 12 heteroatoms. The number of aromatic nitrogens is 3. The summed E-state index contributed by atoms with van der Waals surface area (Å²) in [5, 5.41) is 8.17. The molecule has 3 aromatic carbocycles. The molecule has 5 rings (SSSR count). The van der Waals surface area contributed by atoms with E-state index >= 15 is 0 Å². The van der Waals surface area contributed by atoms with Crippen molar-refractivity contribution in [3.63, 3.8) is 0 Å². The molecule has 1 aliphatic rings. The number of aliphatic imine (C=N–C) groups is 1. The van der Waals surface area contributed by atoms with Gasteiger partial charge in [-0.15, -0.1) is 18.3 Å². The van der Waals surface area contributed by atoms with Crippen molar-refractivity contribution in [1.29, 1.82) is 0 Å². The second-order valence-corrected chi connectivity index (χ2v) is 12.1. The molecule has 1 fully saturated rings. The van der Waals surface area contributed by atoms with E-state index in [1.54, 1.807) is 11.8 Å². The average Bonchev–Trinajstić information content (AvgIpc) is 3.48. The smallest absolute Gasteiger partial charge is 0.406 e. The molecule has 1 aromatic heterocycles. The molecule has 2 amide bonds. The number of benzene rings is 3. The highest BCUT2D eigenvalue weighted by atomic mass is 32.2. The fourth-order valence-corrected chi connectivity index (χ4v) is 6.20. The van der Waals surface area contributed by atoms with Crippen LogP contribution in [0, 0.1) is 19.8 Å². The molecule has 1 aliphatic heterocycles. The van der Waals surface area contributed by atoms with Gasteiger partial charge in [-0.25, -0.2) is 14.5 Å². The van der Waals surface area contributed by atoms with E-state index in [9.17, 15) is 18.0 Å². The third kappa shape index (κ3) is 8.65. The molecule has 0 radical (unpaired) electrons. The largest absolute Gasteiger partial charge is 0.573 e. The summed E-state index contributed by atoms with van der Waals surface area (Å²) in [6.45, 7) is 7.71. The molecule has 236 valence electrons. The van der Waals surface area contributed by atoms with Crippen molar-refractivity contribution in [2.45, 2.75) is 46.4 Å². The Morgan fingerprint density at radius 2 is 1.78 bits per heavy atom. The Bertz CT molecular complexity index is 1620. The predicted octanol–water partition coefficient (Wildman–Crippen LogP) is 7.73. The number of rotatable bonds is 9. The fraction of sp³-hybridized carbons (Fsp3) is 0.333. The second-order valence-electron chi connectivity index (χ2n) is 11.1. The Morgan fingerprint density at radius 3 is 2.47 bits per heavy atom. The lowest BCUT2D eigenvalue weighted by atomic mass is 9.97. The van der Waals surface area contributed by atoms with Gasteiger partial charge in [0.15, 0.2) is 11.0 Å². The first-order valence-corrected chi connectivity index (χ1v) is 15.7. The molecule has 1 atom stereocenters. The second kappa shape index (κ2) is 14.2. The van der Waals surface area contributed by atoms with Gasteiger partial charge in [-0.3, -0.25) is 0 Å². The number of nitrogens with zero attached hydrogens (tertiary/aromatic N) is 5. The molecule has 0 spiro atoms. The van der Waals surface area contributed by atoms with E-state index < -0.39 is 6.36 Å². The number of hydrogen-bond acceptors (Lipinski definition) is 5. The van der Waals surface area contributed by atoms with Crippen molar-refractivity contribution in [2.24, 2.45) is 10.9 Å². The first-order chi connectivity index (χ1) is 21.6. The van der Waals surface area contributed by atoms with Gasteiger partial charge in [0, 0.05) is 30.1 Å². The summed E-state index contributed by atoms with van der Waals surface area (Å²) < 4.78 is 42.7. The molecule has 45 heavy (non-hydrogen) atoms. The number of ether oxygens (including phenoxy) is 1. The summed E-state index contributed by atoms with van der Waals surface area (Å²) in [7, 11) is 0. The predicted molar refractivity (Wildman–Crippen MR) is 172 cm³/mol. The van der Waals surface area contributed by atoms with Gasteiger partial charge in [-0.2, -0.15) is 4.99 Å². The minimum absolute atomic E-state index is 0.299. The van der Waals surface area contributed by atoms with E-state index in [0.29, 0.717) is 24.0 Å². The van der Waals surface area contributed by atoms with Crippen molar-refractivity contribution in [2.75, 3.05) is 23.7 Å². The number of aryl methyl sites for hydroxylation is 2. The molecule has 1 saturated heterocycles. The number of amidine groups is 1. The summed E-state index contributed by atoms with van der Waals surface area (Å²) in [5.41, 5.74) is 6.01. The molecule has 1 N–H and O–H groups in total. The van der Waals surface area contributed by atoms with Crippen LogP contribution >= 0.6 is 11.8 Å². The third-order valence-electron chi connectivity index (χ3n) is 7.43. The first-order valence-electron chi connectivity index (χ1n) is 14.8. The molecule has 0 saturated carbocycles. The van der Waals surface area contributed by atoms with Gasteiger partial charge in [-0.05, 0) is 80.0 Å². The quantitative estimate of drug-likeness (QED) is 0.203. The Kier molecular flexibility index (Phi) is 10.1. The van der Waals surface area contributed by atoms with Crippen LogP contribution in [0.15, 0.2) is 78.0 Å². The Morgan fingerprint density at radius 1 is 1.07 bits per heavy atom. The number of urea groups is 1. The van der Waals surface area contributed by atoms with E-state index in [1.807, 2.05) is 30.3 Å². The minimum Gasteiger partial charge on any atom is -0.406 e. The van der Waals surface area contributed by atoms with Gasteiger partial charge in [0.1, 0.15) is 12.1 Å². The zero-order valence-electron chi connectivity index (χ0n) is 25.3. The van der Waals surface area contributed by atoms with Crippen LogP contribution in [-0.2, 0) is 6.42 Å². The number of carbonyl (C=O) groups excluding carboxylic acids is 1. The van der Waals surface area contributed by atoms with Crippen LogP contribution in [-0.4, -0.2) is 51.2 Å². The number of hydrogen-bond donors (Lipinski definition) is 1. The molecule has 8 nitrogen and oxygen atoms in total. The molecule has 0 aliphatic carbocycles. The summed E-state index contributed by atoms with van der Waals surface area (Å²) in [4.78, 5) is 23.7. The SMILES string of the molecule is Cc1cccc(C)c1N1CCCS/C1=N\C(=O)NCCC(C)Cc1ccc(-c2ncn(-c3ccc(OC(F)(F)F)cc3)n2)cc1. The summed E-state index contributed by atoms with van der Waals surface area (Å²) in [6.07, 6.45) is -0.535. The maximum atomic E-state index is 12.7. The maximum Gasteiger partial charge on any atom is 0.573 e. The van der Waals surface area contributed by atoms with Crippen LogP contribution in [0.5, 0.6) is 5.75 Å². The van der Waals surface area contributed by atoms with Crippen LogP contribution in [0.2, 0.25) is 0 Å². The summed E-state index contributed by atoms with van der Waals surface area (Å²) in [5.74, 6) is 1.48. The lowest BCUT2D eigenvalue weighted by molar-refractivity contribution is -0.274. The van der Waals surface area contributed by atoms with Gasteiger partial charge in [-0.1, -0.05) is 61.2 Å². The van der Waals surface area contributed by atoms with E-state index in [0.717, 1.165) is 53.5 Å². The van der Waals surface area contributed by atoms with Gasteiger partial charge in [0.2, 0.25) is 0 Å². The van der Waals surface area contributed by atoms with Crippen LogP contribution < -0.4 is 15.0 Å². The number of alkyl halides is 3. The number of para-hydroxylation sites is 1. The third-order valence-corrected chi connectivity index (χ3v) is 8.49. The molecule has 2 heterocycles. The van der Waals surface area contributed by atoms with Gasteiger partial charge >= 0.3 is 12.4 Å². The number of amides is 2. The highest BCUT2D eigenvalue weighted by molar-refractivity contribution is 8.14. The standard InChI is InChI=1S/C33H35F3N6O2S/c1-22(16-17-37-31(43)39-32-41(18-5-19-45-32)29-23(2)6-4-7-24(29)3)20-25-8-10-26(11-9-25)30-38-21-42(40-30)27-12-14-28(15-13-27)44-33(34,35)36/h4,6-15,21-22H,5,16-20H2,1-3H3,(H,37,43)/b39-32-. The first kappa shape index (κ1) is 32.1. The number of halogens is 3. The number of carbonyl (C=O) groups is 1. The van der Waals surface area contributed by atoms with Crippen molar-refractivity contribution >= 4 is 28.6 Å². The maximum absolute atomic E-state index is 12.7. The lowest BCUT2D eigenvalue weighted by Gasteiger charge is -2.31. The zero-order chi connectivity index (χ0) is 32.0. The fourth-order valence-electron chi connectivity index (χ4n) is 5.26. The van der Waals surface area contributed by atoms with E-state index in [2.05, 4.69) is 62.9 Å². The lowest BCUT2D eigenvalue weighted by Crippen LogP contribution is -2.36. The van der Waals surface area contributed by atoms with Crippen LogP contribution in [0.25, 0.3) is 17.1 Å². The number of thioether (sulfide) groups is 1. The van der Waals surface area contributed by atoms with Gasteiger partial charge in [0.25, 0.3) is 0 Å². The van der Waals surface area contributed by atoms with E-state index in [-0.39, 0.29) is 11.8 Å². The van der Waals surface area contributed by atoms with Crippen molar-refractivity contribution in [1.82, 2.24) is 20.1 Å². The highest BCUT2D eigenvalue weighted by Crippen LogP contribution is 2.31. The summed E-state index contributed by atoms with van der Waals surface area (Å²) >= 11 is 1.62. The Balaban J connectivity index is 1.11. The highest BCUT2D eigenvalue weighted by Gasteiger charge is 2.31. The monoisotopic (exact) mass is 636 g/mol. The van der Waals surface area contributed by atoms with Crippen molar-refractivity contribution in [3.05, 3.63) is 89.7 Å². The van der Waals surface area contributed by atoms with Crippen molar-refractivity contribution < 1.29 is 22.7 Å². The van der Waals surface area contributed by atoms with E-state index in [4.69, 9.17) is 0 Å². The van der Waals surface area contributed by atoms with E-state index in [1.165, 1.54) is 46.4 Å². The number of anilines is 1. The Hall–Kier alpha value is -4.32. The molecular formula is C33H35F3N6O2S. The molecule has 4 aromatic rings. The minimum atomic E-state index is -4.74. The van der Waals surface area contributed by atoms with Crippen molar-refractivity contribution in [3.8, 4) is 22.8 Å². The average molecular weight is 637 g/mol. The van der Waals surface area contributed by atoms with Gasteiger partial charge in [0.05, 0.1) is 5.69 Å². The molecule has 1 unspecified atom stereocenters. The van der Waals surface area contributed by atoms with Crippen LogP contribution in [0.3, 0.4) is 0 Å². The number of nitrogens with one attached hydrogen (secondary N) is 1. The normalized spacial score (nSPS) is 15.2. The van der Waals surface area contributed by atoms with Gasteiger partial charge < -0.3 is 15.0 Å².